The van der Waals surface area contributed by atoms with Crippen LogP contribution in [0.4, 0.5) is 0 Å². The summed E-state index contributed by atoms with van der Waals surface area (Å²) in [5, 5.41) is 11.6. The Bertz CT molecular complexity index is 457. The summed E-state index contributed by atoms with van der Waals surface area (Å²) in [6, 6.07) is 1.99. The Kier molecular flexibility index (Phi) is 3.02. The highest BCUT2D eigenvalue weighted by atomic mass is 16.3. The molecule has 0 saturated carbocycles. The van der Waals surface area contributed by atoms with Crippen molar-refractivity contribution in [2.24, 2.45) is 11.3 Å². The molecule has 1 aromatic rings. The van der Waals surface area contributed by atoms with Crippen LogP contribution in [0.5, 0.6) is 0 Å². The Hall–Kier alpha value is -0.800. The van der Waals surface area contributed by atoms with Crippen molar-refractivity contribution in [1.82, 2.24) is 4.90 Å². The molecule has 3 heteroatoms. The number of piperidine rings is 1. The molecule has 0 aromatic carbocycles. The van der Waals surface area contributed by atoms with Crippen molar-refractivity contribution < 1.29 is 9.52 Å². The van der Waals surface area contributed by atoms with Gasteiger partial charge in [0.05, 0.1) is 6.26 Å². The number of likely N-dealkylation sites (tertiary alicyclic amines) is 1. The Morgan fingerprint density at radius 2 is 2.00 bits per heavy atom. The lowest BCUT2D eigenvalue weighted by molar-refractivity contribution is -0.144. The summed E-state index contributed by atoms with van der Waals surface area (Å²) in [6.07, 6.45) is 5.83. The topological polar surface area (TPSA) is 36.6 Å². The number of hydrogen-bond donors (Lipinski definition) is 1. The van der Waals surface area contributed by atoms with Crippen LogP contribution in [0, 0.1) is 11.3 Å². The lowest BCUT2D eigenvalue weighted by Gasteiger charge is -2.52. The van der Waals surface area contributed by atoms with Gasteiger partial charge in [0.15, 0.2) is 0 Å². The molecule has 0 radical (unpaired) electrons. The molecule has 2 aliphatic rings. The van der Waals surface area contributed by atoms with Gasteiger partial charge in [0, 0.05) is 12.0 Å². The number of fused-ring (bicyclic) bond motifs is 1. The van der Waals surface area contributed by atoms with Gasteiger partial charge in [0.2, 0.25) is 0 Å². The summed E-state index contributed by atoms with van der Waals surface area (Å²) < 4.78 is 5.59. The van der Waals surface area contributed by atoms with Gasteiger partial charge in [-0.15, -0.1) is 0 Å². The second-order valence-corrected chi connectivity index (χ2v) is 6.99. The quantitative estimate of drug-likeness (QED) is 0.846. The van der Waals surface area contributed by atoms with E-state index in [1.807, 2.05) is 6.07 Å². The largest absolute Gasteiger partial charge is 0.469 e. The SMILES string of the molecule is CN1CCC(C2(O)c3ccoc3CCC2(C)C)CC1. The normalized spacial score (nSPS) is 32.2. The molecular weight excluding hydrogens is 238 g/mol. The molecule has 1 aromatic heterocycles. The average Bonchev–Trinajstić information content (AvgIpc) is 2.84. The second-order valence-electron chi connectivity index (χ2n) is 6.99. The van der Waals surface area contributed by atoms with E-state index in [0.29, 0.717) is 5.92 Å². The summed E-state index contributed by atoms with van der Waals surface area (Å²) >= 11 is 0. The molecule has 1 aliphatic heterocycles. The van der Waals surface area contributed by atoms with E-state index in [-0.39, 0.29) is 5.41 Å². The van der Waals surface area contributed by atoms with Gasteiger partial charge in [-0.05, 0) is 56.8 Å². The van der Waals surface area contributed by atoms with Crippen LogP contribution in [0.3, 0.4) is 0 Å². The number of aryl methyl sites for hydroxylation is 1. The molecule has 1 fully saturated rings. The van der Waals surface area contributed by atoms with E-state index in [2.05, 4.69) is 25.8 Å². The van der Waals surface area contributed by atoms with Crippen LogP contribution in [0.25, 0.3) is 0 Å². The van der Waals surface area contributed by atoms with Crippen LogP contribution in [0.2, 0.25) is 0 Å². The standard InChI is InChI=1S/C16H25NO2/c1-15(2)8-4-14-13(7-11-19-14)16(15,18)12-5-9-17(3)10-6-12/h7,11-12,18H,4-6,8-10H2,1-3H3. The minimum Gasteiger partial charge on any atom is -0.469 e. The van der Waals surface area contributed by atoms with Gasteiger partial charge < -0.3 is 14.4 Å². The van der Waals surface area contributed by atoms with Crippen LogP contribution in [-0.2, 0) is 12.0 Å². The average molecular weight is 263 g/mol. The highest BCUT2D eigenvalue weighted by Gasteiger charge is 2.54. The summed E-state index contributed by atoms with van der Waals surface area (Å²) in [5.41, 5.74) is 0.248. The minimum absolute atomic E-state index is 0.0789. The first-order valence-corrected chi connectivity index (χ1v) is 7.43. The van der Waals surface area contributed by atoms with Crippen molar-refractivity contribution in [1.29, 1.82) is 0 Å². The van der Waals surface area contributed by atoms with Gasteiger partial charge in [-0.2, -0.15) is 0 Å². The zero-order chi connectivity index (χ0) is 13.7. The molecule has 19 heavy (non-hydrogen) atoms. The maximum Gasteiger partial charge on any atom is 0.109 e. The van der Waals surface area contributed by atoms with Crippen LogP contribution in [-0.4, -0.2) is 30.1 Å². The molecule has 3 nitrogen and oxygen atoms in total. The van der Waals surface area contributed by atoms with Crippen molar-refractivity contribution in [2.75, 3.05) is 20.1 Å². The van der Waals surface area contributed by atoms with E-state index in [4.69, 9.17) is 4.42 Å². The third-order valence-electron chi connectivity index (χ3n) is 5.47. The first-order valence-electron chi connectivity index (χ1n) is 7.43. The number of aliphatic hydroxyl groups is 1. The first kappa shape index (κ1) is 13.2. The van der Waals surface area contributed by atoms with E-state index >= 15 is 0 Å². The Morgan fingerprint density at radius 1 is 1.32 bits per heavy atom. The molecule has 0 spiro atoms. The fourth-order valence-electron chi connectivity index (χ4n) is 4.05. The van der Waals surface area contributed by atoms with Crippen molar-refractivity contribution in [2.45, 2.75) is 45.1 Å². The van der Waals surface area contributed by atoms with Crippen LogP contribution in [0.15, 0.2) is 16.7 Å². The summed E-state index contributed by atoms with van der Waals surface area (Å²) in [6.45, 7) is 6.58. The molecule has 0 bridgehead atoms. The Balaban J connectivity index is 2.00. The molecule has 0 amide bonds. The summed E-state index contributed by atoms with van der Waals surface area (Å²) in [7, 11) is 2.16. The van der Waals surface area contributed by atoms with Gasteiger partial charge in [-0.3, -0.25) is 0 Å². The molecular formula is C16H25NO2. The maximum absolute atomic E-state index is 11.6. The predicted molar refractivity (Wildman–Crippen MR) is 74.9 cm³/mol. The van der Waals surface area contributed by atoms with Gasteiger partial charge >= 0.3 is 0 Å². The fraction of sp³-hybridized carbons (Fsp3) is 0.750. The molecule has 1 aliphatic carbocycles. The van der Waals surface area contributed by atoms with Gasteiger partial charge in [0.25, 0.3) is 0 Å². The van der Waals surface area contributed by atoms with Crippen LogP contribution < -0.4 is 0 Å². The summed E-state index contributed by atoms with van der Waals surface area (Å²) in [5.74, 6) is 1.34. The van der Waals surface area contributed by atoms with Crippen molar-refractivity contribution in [3.8, 4) is 0 Å². The monoisotopic (exact) mass is 263 g/mol. The third kappa shape index (κ3) is 1.86. The van der Waals surface area contributed by atoms with Gasteiger partial charge in [0.1, 0.15) is 11.4 Å². The number of nitrogens with zero attached hydrogens (tertiary/aromatic N) is 1. The van der Waals surface area contributed by atoms with Crippen LogP contribution in [0.1, 0.15) is 44.4 Å². The number of furan rings is 1. The second kappa shape index (κ2) is 4.35. The Morgan fingerprint density at radius 3 is 2.68 bits per heavy atom. The third-order valence-corrected chi connectivity index (χ3v) is 5.47. The molecule has 1 saturated heterocycles. The molecule has 1 unspecified atom stereocenters. The van der Waals surface area contributed by atoms with Crippen molar-refractivity contribution in [3.63, 3.8) is 0 Å². The lowest BCUT2D eigenvalue weighted by atomic mass is 9.57. The highest BCUT2D eigenvalue weighted by Crippen LogP contribution is 2.54. The zero-order valence-electron chi connectivity index (χ0n) is 12.3. The molecule has 1 atom stereocenters. The molecule has 3 rings (SSSR count). The van der Waals surface area contributed by atoms with E-state index in [9.17, 15) is 5.11 Å². The minimum atomic E-state index is -0.727. The zero-order valence-corrected chi connectivity index (χ0v) is 12.3. The molecule has 2 heterocycles. The number of rotatable bonds is 1. The van der Waals surface area contributed by atoms with E-state index < -0.39 is 5.60 Å². The Labute approximate surface area is 115 Å². The maximum atomic E-state index is 11.6. The predicted octanol–water partition coefficient (Wildman–Crippen LogP) is 2.78. The molecule has 106 valence electrons. The first-order chi connectivity index (χ1) is 8.95. The number of hydrogen-bond acceptors (Lipinski definition) is 3. The molecule has 1 N–H and O–H groups in total. The lowest BCUT2D eigenvalue weighted by Crippen LogP contribution is -2.53. The van der Waals surface area contributed by atoms with Gasteiger partial charge in [-0.25, -0.2) is 0 Å². The summed E-state index contributed by atoms with van der Waals surface area (Å²) in [4.78, 5) is 2.35. The van der Waals surface area contributed by atoms with Crippen molar-refractivity contribution in [3.05, 3.63) is 23.7 Å². The van der Waals surface area contributed by atoms with Crippen molar-refractivity contribution >= 4 is 0 Å². The van der Waals surface area contributed by atoms with E-state index in [1.54, 1.807) is 6.26 Å². The van der Waals surface area contributed by atoms with Crippen LogP contribution >= 0.6 is 0 Å². The van der Waals surface area contributed by atoms with Gasteiger partial charge in [-0.1, -0.05) is 13.8 Å². The highest BCUT2D eigenvalue weighted by molar-refractivity contribution is 5.32. The fourth-order valence-corrected chi connectivity index (χ4v) is 4.05. The smallest absolute Gasteiger partial charge is 0.109 e. The van der Waals surface area contributed by atoms with E-state index in [0.717, 1.165) is 50.1 Å². The van der Waals surface area contributed by atoms with E-state index in [1.165, 1.54) is 0 Å².